The van der Waals surface area contributed by atoms with Gasteiger partial charge in [-0.2, -0.15) is 0 Å². The highest BCUT2D eigenvalue weighted by Gasteiger charge is 2.12. The molecule has 1 aliphatic heterocycles. The summed E-state index contributed by atoms with van der Waals surface area (Å²) in [4.78, 5) is 4.54. The lowest BCUT2D eigenvalue weighted by Crippen LogP contribution is -1.96. The van der Waals surface area contributed by atoms with E-state index in [0.717, 1.165) is 34.2 Å². The Bertz CT molecular complexity index is 684. The van der Waals surface area contributed by atoms with E-state index in [-0.39, 0.29) is 0 Å². The molecular weight excluding hydrogens is 250 g/mol. The average Bonchev–Trinajstić information content (AvgIpc) is 2.65. The van der Waals surface area contributed by atoms with Crippen LogP contribution in [0.5, 0.6) is 11.5 Å². The molecule has 2 aromatic carbocycles. The van der Waals surface area contributed by atoms with Gasteiger partial charge in [-0.25, -0.2) is 4.99 Å². The number of aliphatic imine (C=N–C) groups is 1. The number of hydrogen-bond donors (Lipinski definition) is 0. The van der Waals surface area contributed by atoms with Gasteiger partial charge in [-0.15, -0.1) is 0 Å². The molecule has 100 valence electrons. The maximum absolute atomic E-state index is 5.99. The van der Waals surface area contributed by atoms with Gasteiger partial charge < -0.3 is 9.47 Å². The zero-order valence-corrected chi connectivity index (χ0v) is 11.5. The molecule has 0 unspecified atom stereocenters. The Kier molecular flexibility index (Phi) is 3.25. The monoisotopic (exact) mass is 265 g/mol. The average molecular weight is 265 g/mol. The molecule has 0 aliphatic carbocycles. The highest BCUT2D eigenvalue weighted by Crippen LogP contribution is 2.33. The number of nitrogens with zero attached hydrogens (tertiary/aromatic N) is 1. The number of allylic oxidation sites excluding steroid dienone is 1. The first-order valence-electron chi connectivity index (χ1n) is 6.44. The van der Waals surface area contributed by atoms with E-state index in [4.69, 9.17) is 9.47 Å². The van der Waals surface area contributed by atoms with E-state index >= 15 is 0 Å². The van der Waals surface area contributed by atoms with Crippen LogP contribution in [0, 0.1) is 0 Å². The molecule has 0 spiro atoms. The van der Waals surface area contributed by atoms with Crippen molar-refractivity contribution in [3.8, 4) is 11.5 Å². The molecule has 0 bridgehead atoms. The smallest absolute Gasteiger partial charge is 0.153 e. The molecule has 20 heavy (non-hydrogen) atoms. The first-order valence-corrected chi connectivity index (χ1v) is 6.44. The molecule has 0 aromatic heterocycles. The minimum absolute atomic E-state index is 0.770. The van der Waals surface area contributed by atoms with Crippen LogP contribution in [-0.2, 0) is 0 Å². The van der Waals surface area contributed by atoms with Crippen molar-refractivity contribution in [2.45, 2.75) is 6.92 Å². The molecule has 1 aliphatic rings. The second kappa shape index (κ2) is 5.21. The summed E-state index contributed by atoms with van der Waals surface area (Å²) in [7, 11) is 1.66. The largest absolute Gasteiger partial charge is 0.497 e. The summed E-state index contributed by atoms with van der Waals surface area (Å²) < 4.78 is 11.2. The van der Waals surface area contributed by atoms with Crippen LogP contribution in [0.1, 0.15) is 12.5 Å². The minimum Gasteiger partial charge on any atom is -0.497 e. The van der Waals surface area contributed by atoms with E-state index in [1.165, 1.54) is 0 Å². The van der Waals surface area contributed by atoms with Crippen molar-refractivity contribution in [3.63, 3.8) is 0 Å². The maximum atomic E-state index is 5.99. The first-order chi connectivity index (χ1) is 9.76. The van der Waals surface area contributed by atoms with Gasteiger partial charge in [0.2, 0.25) is 0 Å². The lowest BCUT2D eigenvalue weighted by molar-refractivity contribution is 0.414. The Morgan fingerprint density at radius 1 is 1.00 bits per heavy atom. The summed E-state index contributed by atoms with van der Waals surface area (Å²) in [6.07, 6.45) is 1.95. The Hall–Kier alpha value is -2.55. The van der Waals surface area contributed by atoms with E-state index in [1.807, 2.05) is 61.5 Å². The molecule has 1 heterocycles. The van der Waals surface area contributed by atoms with Gasteiger partial charge in [0.25, 0.3) is 0 Å². The number of rotatable bonds is 2. The van der Waals surface area contributed by atoms with Crippen LogP contribution in [0.2, 0.25) is 0 Å². The van der Waals surface area contributed by atoms with E-state index < -0.39 is 0 Å². The number of methoxy groups -OCH3 is 1. The van der Waals surface area contributed by atoms with Crippen LogP contribution in [0.4, 0.5) is 5.69 Å². The van der Waals surface area contributed by atoms with Gasteiger partial charge in [0.1, 0.15) is 17.2 Å². The Morgan fingerprint density at radius 3 is 2.50 bits per heavy atom. The first kappa shape index (κ1) is 12.5. The maximum Gasteiger partial charge on any atom is 0.153 e. The SMILES string of the molecule is COc1ccc(C2=CC(C)=Nc3ccccc3O2)cc1. The predicted molar refractivity (Wildman–Crippen MR) is 80.8 cm³/mol. The summed E-state index contributed by atoms with van der Waals surface area (Å²) in [6.45, 7) is 1.97. The third-order valence-corrected chi connectivity index (χ3v) is 3.10. The van der Waals surface area contributed by atoms with Crippen molar-refractivity contribution < 1.29 is 9.47 Å². The van der Waals surface area contributed by atoms with Crippen LogP contribution in [0.25, 0.3) is 5.76 Å². The van der Waals surface area contributed by atoms with Crippen LogP contribution >= 0.6 is 0 Å². The van der Waals surface area contributed by atoms with Crippen LogP contribution < -0.4 is 9.47 Å². The van der Waals surface area contributed by atoms with Crippen molar-refractivity contribution >= 4 is 17.2 Å². The van der Waals surface area contributed by atoms with Gasteiger partial charge in [0, 0.05) is 17.4 Å². The lowest BCUT2D eigenvalue weighted by atomic mass is 10.1. The molecule has 0 atom stereocenters. The fourth-order valence-corrected chi connectivity index (χ4v) is 2.09. The van der Waals surface area contributed by atoms with Gasteiger partial charge in [0.15, 0.2) is 5.75 Å². The van der Waals surface area contributed by atoms with Gasteiger partial charge in [-0.05, 0) is 43.3 Å². The van der Waals surface area contributed by atoms with E-state index in [9.17, 15) is 0 Å². The fraction of sp³-hybridized carbons (Fsp3) is 0.118. The number of hydrogen-bond acceptors (Lipinski definition) is 3. The van der Waals surface area contributed by atoms with Crippen molar-refractivity contribution in [3.05, 3.63) is 60.2 Å². The summed E-state index contributed by atoms with van der Waals surface area (Å²) in [5.41, 5.74) is 2.77. The van der Waals surface area contributed by atoms with Crippen molar-refractivity contribution in [1.82, 2.24) is 0 Å². The third kappa shape index (κ3) is 2.43. The Labute approximate surface area is 118 Å². The summed E-state index contributed by atoms with van der Waals surface area (Å²) >= 11 is 0. The third-order valence-electron chi connectivity index (χ3n) is 3.10. The molecule has 0 saturated heterocycles. The molecule has 0 N–H and O–H groups in total. The lowest BCUT2D eigenvalue weighted by Gasteiger charge is -2.10. The molecule has 3 nitrogen and oxygen atoms in total. The molecular formula is C17H15NO2. The van der Waals surface area contributed by atoms with E-state index in [2.05, 4.69) is 4.99 Å². The van der Waals surface area contributed by atoms with Crippen LogP contribution in [0.15, 0.2) is 59.6 Å². The van der Waals surface area contributed by atoms with Crippen molar-refractivity contribution in [2.24, 2.45) is 4.99 Å². The summed E-state index contributed by atoms with van der Waals surface area (Å²) in [5.74, 6) is 2.39. The van der Waals surface area contributed by atoms with Gasteiger partial charge in [0.05, 0.1) is 7.11 Å². The normalized spacial score (nSPS) is 13.5. The highest BCUT2D eigenvalue weighted by molar-refractivity contribution is 6.01. The van der Waals surface area contributed by atoms with Gasteiger partial charge in [-0.3, -0.25) is 0 Å². The predicted octanol–water partition coefficient (Wildman–Crippen LogP) is 4.22. The van der Waals surface area contributed by atoms with Crippen LogP contribution in [-0.4, -0.2) is 12.8 Å². The molecule has 2 aromatic rings. The standard InChI is InChI=1S/C17H15NO2/c1-12-11-17(13-7-9-14(19-2)10-8-13)20-16-6-4-3-5-15(16)18-12/h3-11H,1-2H3. The van der Waals surface area contributed by atoms with E-state index in [0.29, 0.717) is 0 Å². The molecule has 3 rings (SSSR count). The number of benzene rings is 2. The molecule has 3 heteroatoms. The van der Waals surface area contributed by atoms with E-state index in [1.54, 1.807) is 7.11 Å². The van der Waals surface area contributed by atoms with Gasteiger partial charge in [-0.1, -0.05) is 12.1 Å². The quantitative estimate of drug-likeness (QED) is 0.814. The second-order valence-corrected chi connectivity index (χ2v) is 4.56. The molecule has 0 radical (unpaired) electrons. The Balaban J connectivity index is 2.00. The Morgan fingerprint density at radius 2 is 1.75 bits per heavy atom. The van der Waals surface area contributed by atoms with Gasteiger partial charge >= 0.3 is 0 Å². The number of ether oxygens (including phenoxy) is 2. The molecule has 0 amide bonds. The number of fused-ring (bicyclic) bond motifs is 1. The number of para-hydroxylation sites is 2. The minimum atomic E-state index is 0.770. The fourth-order valence-electron chi connectivity index (χ4n) is 2.09. The second-order valence-electron chi connectivity index (χ2n) is 4.56. The van der Waals surface area contributed by atoms with Crippen molar-refractivity contribution in [1.29, 1.82) is 0 Å². The summed E-state index contributed by atoms with van der Waals surface area (Å²) in [6, 6.07) is 15.6. The molecule has 0 fully saturated rings. The molecule has 0 saturated carbocycles. The zero-order valence-electron chi connectivity index (χ0n) is 11.5. The highest BCUT2D eigenvalue weighted by atomic mass is 16.5. The zero-order chi connectivity index (χ0) is 13.9. The van der Waals surface area contributed by atoms with Crippen molar-refractivity contribution in [2.75, 3.05) is 7.11 Å². The summed E-state index contributed by atoms with van der Waals surface area (Å²) in [5, 5.41) is 0. The van der Waals surface area contributed by atoms with Crippen LogP contribution in [0.3, 0.4) is 0 Å². The topological polar surface area (TPSA) is 30.8 Å².